The molecule has 16 heavy (non-hydrogen) atoms. The lowest BCUT2D eigenvalue weighted by molar-refractivity contribution is 0.521. The highest BCUT2D eigenvalue weighted by atomic mass is 14.9. The molecule has 1 aromatic carbocycles. The number of hydrogen-bond donors (Lipinski definition) is 1. The van der Waals surface area contributed by atoms with Gasteiger partial charge in [-0.3, -0.25) is 0 Å². The minimum atomic E-state index is 0.512. The van der Waals surface area contributed by atoms with Gasteiger partial charge in [-0.2, -0.15) is 5.26 Å². The number of nitriles is 1. The Kier molecular flexibility index (Phi) is 2.87. The quantitative estimate of drug-likeness (QED) is 0.833. The van der Waals surface area contributed by atoms with Crippen LogP contribution in [0.4, 0.5) is 5.69 Å². The predicted octanol–water partition coefficient (Wildman–Crippen LogP) is 3.47. The van der Waals surface area contributed by atoms with Crippen LogP contribution in [0, 0.1) is 23.7 Å². The van der Waals surface area contributed by atoms with Crippen LogP contribution >= 0.6 is 0 Å². The first-order chi connectivity index (χ1) is 7.69. The van der Waals surface area contributed by atoms with E-state index in [1.165, 1.54) is 19.3 Å². The van der Waals surface area contributed by atoms with Crippen molar-refractivity contribution in [1.29, 1.82) is 5.26 Å². The second-order valence-electron chi connectivity index (χ2n) is 4.87. The molecule has 1 aromatic rings. The summed E-state index contributed by atoms with van der Waals surface area (Å²) < 4.78 is 0. The summed E-state index contributed by atoms with van der Waals surface area (Å²) in [7, 11) is 0. The molecule has 0 atom stereocenters. The van der Waals surface area contributed by atoms with Gasteiger partial charge in [-0.05, 0) is 49.3 Å². The topological polar surface area (TPSA) is 35.8 Å². The third-order valence-electron chi connectivity index (χ3n) is 3.66. The van der Waals surface area contributed by atoms with Gasteiger partial charge >= 0.3 is 0 Å². The molecule has 2 rings (SSSR count). The minimum absolute atomic E-state index is 0.512. The summed E-state index contributed by atoms with van der Waals surface area (Å²) in [6.45, 7) is 5.26. The van der Waals surface area contributed by atoms with Crippen molar-refractivity contribution in [2.45, 2.75) is 33.1 Å². The molecule has 1 saturated carbocycles. The van der Waals surface area contributed by atoms with E-state index >= 15 is 0 Å². The van der Waals surface area contributed by atoms with Crippen molar-refractivity contribution in [3.8, 4) is 6.07 Å². The second-order valence-corrected chi connectivity index (χ2v) is 4.87. The van der Waals surface area contributed by atoms with Gasteiger partial charge in [0.25, 0.3) is 0 Å². The molecule has 0 unspecified atom stereocenters. The van der Waals surface area contributed by atoms with E-state index in [-0.39, 0.29) is 0 Å². The Balaban J connectivity index is 2.07. The average Bonchev–Trinajstić information content (AvgIpc) is 3.08. The molecular formula is C14H18N2. The Labute approximate surface area is 97.3 Å². The third-order valence-corrected chi connectivity index (χ3v) is 3.66. The van der Waals surface area contributed by atoms with Crippen molar-refractivity contribution < 1.29 is 0 Å². The first kappa shape index (κ1) is 11.0. The van der Waals surface area contributed by atoms with Crippen molar-refractivity contribution in [2.24, 2.45) is 5.41 Å². The summed E-state index contributed by atoms with van der Waals surface area (Å²) in [6, 6.07) is 8.25. The molecule has 2 nitrogen and oxygen atoms in total. The maximum absolute atomic E-state index is 9.06. The molecule has 0 bridgehead atoms. The number of nitrogens with zero attached hydrogens (tertiary/aromatic N) is 1. The van der Waals surface area contributed by atoms with Crippen LogP contribution in [-0.2, 0) is 0 Å². The van der Waals surface area contributed by atoms with Crippen molar-refractivity contribution >= 4 is 5.69 Å². The third kappa shape index (κ3) is 2.19. The van der Waals surface area contributed by atoms with Gasteiger partial charge in [0, 0.05) is 6.54 Å². The van der Waals surface area contributed by atoms with Crippen LogP contribution in [0.15, 0.2) is 18.2 Å². The van der Waals surface area contributed by atoms with E-state index in [4.69, 9.17) is 5.26 Å². The van der Waals surface area contributed by atoms with Gasteiger partial charge in [0.1, 0.15) is 6.07 Å². The van der Waals surface area contributed by atoms with Crippen LogP contribution in [0.25, 0.3) is 0 Å². The molecule has 1 aliphatic rings. The molecule has 1 fully saturated rings. The molecular weight excluding hydrogens is 196 g/mol. The summed E-state index contributed by atoms with van der Waals surface area (Å²) in [6.07, 6.45) is 3.88. The van der Waals surface area contributed by atoms with E-state index in [0.29, 0.717) is 5.41 Å². The van der Waals surface area contributed by atoms with Crippen molar-refractivity contribution in [3.05, 3.63) is 29.3 Å². The highest BCUT2D eigenvalue weighted by Crippen LogP contribution is 2.48. The maximum Gasteiger partial charge on any atom is 0.101 e. The van der Waals surface area contributed by atoms with Crippen LogP contribution in [0.2, 0.25) is 0 Å². The minimum Gasteiger partial charge on any atom is -0.383 e. The summed E-state index contributed by atoms with van der Waals surface area (Å²) in [5.74, 6) is 0. The molecule has 0 aliphatic heterocycles. The molecule has 84 valence electrons. The lowest BCUT2D eigenvalue weighted by Crippen LogP contribution is -2.15. The van der Waals surface area contributed by atoms with Crippen LogP contribution in [0.1, 0.15) is 37.3 Å². The van der Waals surface area contributed by atoms with Gasteiger partial charge in [-0.1, -0.05) is 13.0 Å². The zero-order chi connectivity index (χ0) is 11.6. The SMILES string of the molecule is CCC1(CNc2ccc(C)cc2C#N)CC1. The van der Waals surface area contributed by atoms with Crippen LogP contribution in [0.5, 0.6) is 0 Å². The van der Waals surface area contributed by atoms with Gasteiger partial charge in [-0.15, -0.1) is 0 Å². The van der Waals surface area contributed by atoms with E-state index < -0.39 is 0 Å². The summed E-state index contributed by atoms with van der Waals surface area (Å²) >= 11 is 0. The van der Waals surface area contributed by atoms with E-state index in [9.17, 15) is 0 Å². The average molecular weight is 214 g/mol. The normalized spacial score (nSPS) is 16.6. The lowest BCUT2D eigenvalue weighted by Gasteiger charge is -2.15. The fourth-order valence-electron chi connectivity index (χ4n) is 2.02. The smallest absolute Gasteiger partial charge is 0.101 e. The zero-order valence-electron chi connectivity index (χ0n) is 10.0. The number of rotatable bonds is 4. The predicted molar refractivity (Wildman–Crippen MR) is 66.3 cm³/mol. The van der Waals surface area contributed by atoms with Crippen LogP contribution < -0.4 is 5.32 Å². The monoisotopic (exact) mass is 214 g/mol. The Morgan fingerprint density at radius 1 is 1.44 bits per heavy atom. The maximum atomic E-state index is 9.06. The van der Waals surface area contributed by atoms with Crippen molar-refractivity contribution in [3.63, 3.8) is 0 Å². The summed E-state index contributed by atoms with van der Waals surface area (Å²) in [4.78, 5) is 0. The molecule has 1 aliphatic carbocycles. The summed E-state index contributed by atoms with van der Waals surface area (Å²) in [5.41, 5.74) is 3.39. The number of benzene rings is 1. The van der Waals surface area contributed by atoms with E-state index in [2.05, 4.69) is 24.4 Å². The van der Waals surface area contributed by atoms with Crippen molar-refractivity contribution in [2.75, 3.05) is 11.9 Å². The first-order valence-electron chi connectivity index (χ1n) is 5.94. The van der Waals surface area contributed by atoms with Crippen molar-refractivity contribution in [1.82, 2.24) is 0 Å². The van der Waals surface area contributed by atoms with Crippen LogP contribution in [0.3, 0.4) is 0 Å². The van der Waals surface area contributed by atoms with Crippen LogP contribution in [-0.4, -0.2) is 6.54 Å². The van der Waals surface area contributed by atoms with E-state index in [0.717, 1.165) is 23.4 Å². The fourth-order valence-corrected chi connectivity index (χ4v) is 2.02. The fraction of sp³-hybridized carbons (Fsp3) is 0.500. The molecule has 0 aromatic heterocycles. The largest absolute Gasteiger partial charge is 0.383 e. The van der Waals surface area contributed by atoms with Gasteiger partial charge < -0.3 is 5.32 Å². The Hall–Kier alpha value is -1.49. The molecule has 0 spiro atoms. The number of hydrogen-bond acceptors (Lipinski definition) is 2. The lowest BCUT2D eigenvalue weighted by atomic mass is 10.0. The molecule has 0 amide bonds. The van der Waals surface area contributed by atoms with Gasteiger partial charge in [0.15, 0.2) is 0 Å². The number of anilines is 1. The standard InChI is InChI=1S/C14H18N2/c1-3-14(6-7-14)10-16-13-5-4-11(2)8-12(13)9-15/h4-5,8,16H,3,6-7,10H2,1-2H3. The number of aryl methyl sites for hydroxylation is 1. The molecule has 2 heteroatoms. The van der Waals surface area contributed by atoms with Gasteiger partial charge in [-0.25, -0.2) is 0 Å². The van der Waals surface area contributed by atoms with Gasteiger partial charge in [0.2, 0.25) is 0 Å². The second kappa shape index (κ2) is 4.17. The molecule has 0 saturated heterocycles. The summed E-state index contributed by atoms with van der Waals surface area (Å²) in [5, 5.41) is 12.5. The van der Waals surface area contributed by atoms with Gasteiger partial charge in [0.05, 0.1) is 11.3 Å². The van der Waals surface area contributed by atoms with E-state index in [1.807, 2.05) is 19.1 Å². The zero-order valence-corrected chi connectivity index (χ0v) is 10.0. The Bertz CT molecular complexity index is 425. The first-order valence-corrected chi connectivity index (χ1v) is 5.94. The molecule has 1 N–H and O–H groups in total. The van der Waals surface area contributed by atoms with E-state index in [1.54, 1.807) is 0 Å². The highest BCUT2D eigenvalue weighted by molar-refractivity contribution is 5.58. The molecule has 0 radical (unpaired) electrons. The Morgan fingerprint density at radius 3 is 2.75 bits per heavy atom. The Morgan fingerprint density at radius 2 is 2.19 bits per heavy atom. The number of nitrogens with one attached hydrogen (secondary N) is 1. The highest BCUT2D eigenvalue weighted by Gasteiger charge is 2.40. The molecule has 0 heterocycles.